The number of ether oxygens (including phenoxy) is 1. The molecule has 3 aromatic rings. The third-order valence-electron chi connectivity index (χ3n) is 6.90. The molecule has 40 heavy (non-hydrogen) atoms. The number of carbonyl (C=O) groups excluding carboxylic acids is 2. The zero-order chi connectivity index (χ0) is 28.1. The molecule has 3 aromatic carbocycles. The Morgan fingerprint density at radius 2 is 1.80 bits per heavy atom. The van der Waals surface area contributed by atoms with Gasteiger partial charge in [0, 0.05) is 33.9 Å². The van der Waals surface area contributed by atoms with Crippen LogP contribution in [0.25, 0.3) is 0 Å². The quantitative estimate of drug-likeness (QED) is 0.299. The Balaban J connectivity index is 1.43. The van der Waals surface area contributed by atoms with E-state index in [4.69, 9.17) is 21.3 Å². The molecule has 2 amide bonds. The second-order valence-electron chi connectivity index (χ2n) is 9.68. The van der Waals surface area contributed by atoms with Crippen LogP contribution in [0.1, 0.15) is 41.8 Å². The molecule has 2 heterocycles. The van der Waals surface area contributed by atoms with Crippen LogP contribution in [0.15, 0.2) is 77.8 Å². The molecule has 0 radical (unpaired) electrons. The first-order valence-electron chi connectivity index (χ1n) is 13.4. The number of hydrogen-bond acceptors (Lipinski definition) is 7. The van der Waals surface area contributed by atoms with Crippen LogP contribution in [0.3, 0.4) is 0 Å². The standard InChI is InChI=1S/C30H33ClN6O3/c1-3-32-27(38)18-25-29-36-35-19(2)37(29)26-14-13-23(40-16-15-33-30(39)21-7-5-4-6-8-21)17-24(26)28(34-25)20-9-11-22(31)12-10-20/h4-14,17,19,25,29,35-36H,3,15-16,18H2,1-2H3,(H,32,38)(H,33,39). The molecule has 4 N–H and O–H groups in total. The molecule has 1 fully saturated rings. The minimum atomic E-state index is -0.361. The Labute approximate surface area is 238 Å². The third kappa shape index (κ3) is 6.12. The van der Waals surface area contributed by atoms with Crippen molar-refractivity contribution in [3.05, 3.63) is 94.5 Å². The lowest BCUT2D eigenvalue weighted by molar-refractivity contribution is -0.121. The summed E-state index contributed by atoms with van der Waals surface area (Å²) in [6, 6.07) is 22.2. The van der Waals surface area contributed by atoms with E-state index < -0.39 is 0 Å². The molecule has 0 aliphatic carbocycles. The lowest BCUT2D eigenvalue weighted by Gasteiger charge is -2.31. The smallest absolute Gasteiger partial charge is 0.251 e. The maximum absolute atomic E-state index is 12.7. The van der Waals surface area contributed by atoms with E-state index in [0.29, 0.717) is 36.0 Å². The van der Waals surface area contributed by atoms with Gasteiger partial charge in [0.05, 0.1) is 30.9 Å². The van der Waals surface area contributed by atoms with Crippen LogP contribution in [0, 0.1) is 0 Å². The summed E-state index contributed by atoms with van der Waals surface area (Å²) < 4.78 is 6.06. The Morgan fingerprint density at radius 3 is 2.55 bits per heavy atom. The van der Waals surface area contributed by atoms with Crippen molar-refractivity contribution in [1.82, 2.24) is 21.5 Å². The fourth-order valence-corrected chi connectivity index (χ4v) is 5.16. The Bertz CT molecular complexity index is 1380. The van der Waals surface area contributed by atoms with E-state index in [-0.39, 0.29) is 36.6 Å². The highest BCUT2D eigenvalue weighted by Gasteiger charge is 2.40. The zero-order valence-corrected chi connectivity index (χ0v) is 23.2. The summed E-state index contributed by atoms with van der Waals surface area (Å²) in [5.41, 5.74) is 10.7. The van der Waals surface area contributed by atoms with Crippen LogP contribution in [0.5, 0.6) is 5.75 Å². The number of nitrogens with zero attached hydrogens (tertiary/aromatic N) is 2. The van der Waals surface area contributed by atoms with Crippen molar-refractivity contribution in [2.75, 3.05) is 24.6 Å². The summed E-state index contributed by atoms with van der Waals surface area (Å²) in [5, 5.41) is 6.42. The predicted octanol–water partition coefficient (Wildman–Crippen LogP) is 3.48. The Kier molecular flexibility index (Phi) is 8.64. The van der Waals surface area contributed by atoms with Gasteiger partial charge in [-0.15, -0.1) is 0 Å². The van der Waals surface area contributed by atoms with E-state index in [1.165, 1.54) is 0 Å². The molecule has 2 aliphatic heterocycles. The van der Waals surface area contributed by atoms with Gasteiger partial charge in [0.25, 0.3) is 5.91 Å². The normalized spacial score (nSPS) is 19.6. The van der Waals surface area contributed by atoms with Crippen molar-refractivity contribution in [3.63, 3.8) is 0 Å². The molecule has 9 nitrogen and oxygen atoms in total. The molecular formula is C30H33ClN6O3. The van der Waals surface area contributed by atoms with Crippen molar-refractivity contribution >= 4 is 34.8 Å². The van der Waals surface area contributed by atoms with E-state index >= 15 is 0 Å². The molecule has 1 saturated heterocycles. The average molecular weight is 561 g/mol. The molecule has 0 saturated carbocycles. The van der Waals surface area contributed by atoms with Crippen LogP contribution in [0.4, 0.5) is 5.69 Å². The number of rotatable bonds is 9. The summed E-state index contributed by atoms with van der Waals surface area (Å²) in [4.78, 5) is 32.4. The van der Waals surface area contributed by atoms with Gasteiger partial charge in [-0.2, -0.15) is 0 Å². The van der Waals surface area contributed by atoms with E-state index in [1.807, 2.05) is 67.6 Å². The number of benzene rings is 3. The Morgan fingerprint density at radius 1 is 1.02 bits per heavy atom. The average Bonchev–Trinajstić information content (AvgIpc) is 3.29. The summed E-state index contributed by atoms with van der Waals surface area (Å²) in [6.45, 7) is 5.18. The van der Waals surface area contributed by atoms with Crippen LogP contribution >= 0.6 is 11.6 Å². The van der Waals surface area contributed by atoms with Gasteiger partial charge in [0.1, 0.15) is 18.5 Å². The molecule has 0 spiro atoms. The highest BCUT2D eigenvalue weighted by molar-refractivity contribution is 6.30. The largest absolute Gasteiger partial charge is 0.492 e. The van der Waals surface area contributed by atoms with Crippen molar-refractivity contribution in [2.45, 2.75) is 38.6 Å². The first-order chi connectivity index (χ1) is 19.4. The van der Waals surface area contributed by atoms with Gasteiger partial charge < -0.3 is 20.3 Å². The molecule has 3 atom stereocenters. The number of carbonyl (C=O) groups is 2. The Hall–Kier alpha value is -3.92. The van der Waals surface area contributed by atoms with Gasteiger partial charge in [0.2, 0.25) is 5.91 Å². The van der Waals surface area contributed by atoms with Crippen molar-refractivity contribution in [3.8, 4) is 5.75 Å². The van der Waals surface area contributed by atoms with E-state index in [9.17, 15) is 9.59 Å². The maximum atomic E-state index is 12.7. The van der Waals surface area contributed by atoms with Crippen LogP contribution in [-0.2, 0) is 4.79 Å². The number of halogens is 1. The fourth-order valence-electron chi connectivity index (χ4n) is 5.03. The predicted molar refractivity (Wildman–Crippen MR) is 157 cm³/mol. The number of amides is 2. The molecule has 3 unspecified atom stereocenters. The highest BCUT2D eigenvalue weighted by atomic mass is 35.5. The highest BCUT2D eigenvalue weighted by Crippen LogP contribution is 2.36. The SMILES string of the molecule is CCNC(=O)CC1N=C(c2ccc(Cl)cc2)c2cc(OCCNC(=O)c3ccccc3)ccc2N2C(C)NNC12. The number of anilines is 1. The lowest BCUT2D eigenvalue weighted by Crippen LogP contribution is -2.47. The first-order valence-corrected chi connectivity index (χ1v) is 13.8. The van der Waals surface area contributed by atoms with Crippen molar-refractivity contribution in [1.29, 1.82) is 0 Å². The molecule has 0 bridgehead atoms. The van der Waals surface area contributed by atoms with Crippen molar-refractivity contribution in [2.24, 2.45) is 4.99 Å². The molecule has 208 valence electrons. The van der Waals surface area contributed by atoms with Gasteiger partial charge >= 0.3 is 0 Å². The molecular weight excluding hydrogens is 528 g/mol. The molecule has 5 rings (SSSR count). The van der Waals surface area contributed by atoms with Crippen LogP contribution < -0.4 is 31.1 Å². The molecule has 0 aromatic heterocycles. The van der Waals surface area contributed by atoms with E-state index in [0.717, 1.165) is 22.5 Å². The van der Waals surface area contributed by atoms with Gasteiger partial charge in [-0.3, -0.25) is 14.6 Å². The second-order valence-corrected chi connectivity index (χ2v) is 10.1. The van der Waals surface area contributed by atoms with Crippen LogP contribution in [-0.4, -0.2) is 55.6 Å². The van der Waals surface area contributed by atoms with Gasteiger partial charge in [-0.05, 0) is 56.3 Å². The second kappa shape index (κ2) is 12.5. The van der Waals surface area contributed by atoms with E-state index in [1.54, 1.807) is 12.1 Å². The summed E-state index contributed by atoms with van der Waals surface area (Å²) in [6.07, 6.45) is -0.0484. The van der Waals surface area contributed by atoms with Crippen molar-refractivity contribution < 1.29 is 14.3 Å². The number of fused-ring (bicyclic) bond motifs is 3. The monoisotopic (exact) mass is 560 g/mol. The third-order valence-corrected chi connectivity index (χ3v) is 7.15. The number of hydrogen-bond donors (Lipinski definition) is 4. The molecule has 10 heteroatoms. The lowest BCUT2D eigenvalue weighted by atomic mass is 9.99. The first kappa shape index (κ1) is 27.6. The zero-order valence-electron chi connectivity index (χ0n) is 22.5. The fraction of sp³-hybridized carbons (Fsp3) is 0.300. The van der Waals surface area contributed by atoms with Gasteiger partial charge in [-0.1, -0.05) is 41.9 Å². The summed E-state index contributed by atoms with van der Waals surface area (Å²) in [7, 11) is 0. The van der Waals surface area contributed by atoms with Gasteiger partial charge in [-0.25, -0.2) is 10.9 Å². The molecule has 2 aliphatic rings. The topological polar surface area (TPSA) is 107 Å². The summed E-state index contributed by atoms with van der Waals surface area (Å²) >= 11 is 6.20. The maximum Gasteiger partial charge on any atom is 0.251 e. The van der Waals surface area contributed by atoms with Crippen LogP contribution in [0.2, 0.25) is 5.02 Å². The number of nitrogens with one attached hydrogen (secondary N) is 4. The number of aliphatic imine (C=N–C) groups is 1. The number of hydrazine groups is 1. The van der Waals surface area contributed by atoms with E-state index in [2.05, 4.69) is 33.3 Å². The minimum absolute atomic E-state index is 0.0415. The minimum Gasteiger partial charge on any atom is -0.492 e. The summed E-state index contributed by atoms with van der Waals surface area (Å²) in [5.74, 6) is 0.455. The van der Waals surface area contributed by atoms with Gasteiger partial charge in [0.15, 0.2) is 0 Å².